The highest BCUT2D eigenvalue weighted by atomic mass is 15.2. The Hall–Kier alpha value is -0.0800. The van der Waals surface area contributed by atoms with E-state index in [9.17, 15) is 0 Å². The van der Waals surface area contributed by atoms with E-state index in [1.54, 1.807) is 0 Å². The molecular weight excluding hydrogens is 160 g/mol. The molecule has 1 atom stereocenters. The fourth-order valence-electron chi connectivity index (χ4n) is 1.74. The molecule has 13 heavy (non-hydrogen) atoms. The summed E-state index contributed by atoms with van der Waals surface area (Å²) in [6.07, 6.45) is 2.93. The van der Waals surface area contributed by atoms with Crippen molar-refractivity contribution < 1.29 is 0 Å². The van der Waals surface area contributed by atoms with Crippen LogP contribution in [0, 0.1) is 5.92 Å². The summed E-state index contributed by atoms with van der Waals surface area (Å²) in [6.45, 7) is 11.5. The van der Waals surface area contributed by atoms with Crippen LogP contribution < -0.4 is 5.32 Å². The molecule has 1 N–H and O–H groups in total. The van der Waals surface area contributed by atoms with Crippen LogP contribution in [0.25, 0.3) is 0 Å². The molecule has 78 valence electrons. The van der Waals surface area contributed by atoms with E-state index in [4.69, 9.17) is 0 Å². The van der Waals surface area contributed by atoms with E-state index in [0.717, 1.165) is 19.0 Å². The van der Waals surface area contributed by atoms with Gasteiger partial charge in [0.25, 0.3) is 0 Å². The van der Waals surface area contributed by atoms with Crippen LogP contribution in [0.4, 0.5) is 0 Å². The van der Waals surface area contributed by atoms with Crippen molar-refractivity contribution in [3.05, 3.63) is 0 Å². The molecule has 0 spiro atoms. The van der Waals surface area contributed by atoms with E-state index in [1.165, 1.54) is 25.9 Å². The first-order valence-corrected chi connectivity index (χ1v) is 5.72. The van der Waals surface area contributed by atoms with Gasteiger partial charge in [-0.1, -0.05) is 13.8 Å². The minimum absolute atomic E-state index is 0.700. The first-order valence-electron chi connectivity index (χ1n) is 5.72. The topological polar surface area (TPSA) is 15.3 Å². The SMILES string of the molecule is CCNCC(C)N(CC)CC1CC1. The highest BCUT2D eigenvalue weighted by Crippen LogP contribution is 2.30. The van der Waals surface area contributed by atoms with Crippen LogP contribution in [-0.4, -0.2) is 37.1 Å². The van der Waals surface area contributed by atoms with Crippen molar-refractivity contribution in [1.82, 2.24) is 10.2 Å². The lowest BCUT2D eigenvalue weighted by Crippen LogP contribution is -2.41. The number of nitrogens with one attached hydrogen (secondary N) is 1. The van der Waals surface area contributed by atoms with E-state index in [1.807, 2.05) is 0 Å². The normalized spacial score (nSPS) is 19.4. The third-order valence-electron chi connectivity index (χ3n) is 2.91. The predicted molar refractivity (Wildman–Crippen MR) is 58.0 cm³/mol. The van der Waals surface area contributed by atoms with Crippen molar-refractivity contribution in [2.45, 2.75) is 39.7 Å². The standard InChI is InChI=1S/C11H24N2/c1-4-12-8-10(3)13(5-2)9-11-6-7-11/h10-12H,4-9H2,1-3H3. The second-order valence-corrected chi connectivity index (χ2v) is 4.19. The number of likely N-dealkylation sites (N-methyl/N-ethyl adjacent to an activating group) is 2. The van der Waals surface area contributed by atoms with Crippen LogP contribution in [0.15, 0.2) is 0 Å². The monoisotopic (exact) mass is 184 g/mol. The highest BCUT2D eigenvalue weighted by Gasteiger charge is 2.25. The van der Waals surface area contributed by atoms with E-state index in [2.05, 4.69) is 31.0 Å². The molecule has 0 amide bonds. The molecule has 0 heterocycles. The summed E-state index contributed by atoms with van der Waals surface area (Å²) in [5.74, 6) is 1.02. The summed E-state index contributed by atoms with van der Waals surface area (Å²) in [7, 11) is 0. The quantitative estimate of drug-likeness (QED) is 0.648. The van der Waals surface area contributed by atoms with Crippen molar-refractivity contribution in [2.24, 2.45) is 5.92 Å². The van der Waals surface area contributed by atoms with Crippen molar-refractivity contribution >= 4 is 0 Å². The number of nitrogens with zero attached hydrogens (tertiary/aromatic N) is 1. The fourth-order valence-corrected chi connectivity index (χ4v) is 1.74. The van der Waals surface area contributed by atoms with Crippen LogP contribution in [0.5, 0.6) is 0 Å². The Labute approximate surface area is 82.7 Å². The Bertz CT molecular complexity index is 132. The average Bonchev–Trinajstić information content (AvgIpc) is 2.93. The number of hydrogen-bond acceptors (Lipinski definition) is 2. The molecule has 1 rings (SSSR count). The van der Waals surface area contributed by atoms with Gasteiger partial charge in [0.1, 0.15) is 0 Å². The molecule has 0 aromatic rings. The minimum Gasteiger partial charge on any atom is -0.315 e. The summed E-state index contributed by atoms with van der Waals surface area (Å²) >= 11 is 0. The average molecular weight is 184 g/mol. The molecule has 1 unspecified atom stereocenters. The van der Waals surface area contributed by atoms with Gasteiger partial charge < -0.3 is 5.32 Å². The Balaban J connectivity index is 2.17. The molecule has 0 aliphatic heterocycles. The van der Waals surface area contributed by atoms with Gasteiger partial charge in [-0.3, -0.25) is 4.90 Å². The molecule has 0 radical (unpaired) electrons. The van der Waals surface area contributed by atoms with E-state index in [-0.39, 0.29) is 0 Å². The fraction of sp³-hybridized carbons (Fsp3) is 1.00. The summed E-state index contributed by atoms with van der Waals surface area (Å²) in [5.41, 5.74) is 0. The van der Waals surface area contributed by atoms with Crippen LogP contribution in [-0.2, 0) is 0 Å². The molecule has 0 aromatic carbocycles. The molecule has 0 saturated heterocycles. The molecule has 2 heteroatoms. The Morgan fingerprint density at radius 1 is 1.38 bits per heavy atom. The van der Waals surface area contributed by atoms with Gasteiger partial charge in [-0.25, -0.2) is 0 Å². The molecular formula is C11H24N2. The van der Waals surface area contributed by atoms with Crippen molar-refractivity contribution in [3.63, 3.8) is 0 Å². The van der Waals surface area contributed by atoms with Gasteiger partial charge in [0.2, 0.25) is 0 Å². The maximum Gasteiger partial charge on any atom is 0.0192 e. The Kier molecular flexibility index (Phi) is 4.74. The van der Waals surface area contributed by atoms with Crippen LogP contribution in [0.2, 0.25) is 0 Å². The lowest BCUT2D eigenvalue weighted by molar-refractivity contribution is 0.207. The molecule has 1 saturated carbocycles. The minimum atomic E-state index is 0.700. The van der Waals surface area contributed by atoms with E-state index < -0.39 is 0 Å². The molecule has 0 bridgehead atoms. The third kappa shape index (κ3) is 4.10. The first-order chi connectivity index (χ1) is 6.27. The molecule has 1 aliphatic carbocycles. The van der Waals surface area contributed by atoms with Crippen molar-refractivity contribution in [1.29, 1.82) is 0 Å². The van der Waals surface area contributed by atoms with Gasteiger partial charge in [0, 0.05) is 19.1 Å². The third-order valence-corrected chi connectivity index (χ3v) is 2.91. The second-order valence-electron chi connectivity index (χ2n) is 4.19. The molecule has 2 nitrogen and oxygen atoms in total. The predicted octanol–water partition coefficient (Wildman–Crippen LogP) is 1.72. The zero-order valence-electron chi connectivity index (χ0n) is 9.34. The van der Waals surface area contributed by atoms with E-state index in [0.29, 0.717) is 6.04 Å². The van der Waals surface area contributed by atoms with Gasteiger partial charge >= 0.3 is 0 Å². The molecule has 0 aromatic heterocycles. The number of hydrogen-bond donors (Lipinski definition) is 1. The van der Waals surface area contributed by atoms with Gasteiger partial charge in [0.05, 0.1) is 0 Å². The molecule has 1 aliphatic rings. The van der Waals surface area contributed by atoms with Gasteiger partial charge in [0.15, 0.2) is 0 Å². The zero-order valence-corrected chi connectivity index (χ0v) is 9.34. The zero-order chi connectivity index (χ0) is 9.68. The van der Waals surface area contributed by atoms with Gasteiger partial charge in [-0.15, -0.1) is 0 Å². The van der Waals surface area contributed by atoms with Gasteiger partial charge in [-0.05, 0) is 38.8 Å². The van der Waals surface area contributed by atoms with Crippen molar-refractivity contribution in [3.8, 4) is 0 Å². The summed E-state index contributed by atoms with van der Waals surface area (Å²) in [4.78, 5) is 2.60. The van der Waals surface area contributed by atoms with E-state index >= 15 is 0 Å². The maximum atomic E-state index is 3.41. The molecule has 1 fully saturated rings. The number of rotatable bonds is 7. The Morgan fingerprint density at radius 2 is 2.08 bits per heavy atom. The van der Waals surface area contributed by atoms with Crippen LogP contribution >= 0.6 is 0 Å². The maximum absolute atomic E-state index is 3.41. The summed E-state index contributed by atoms with van der Waals surface area (Å²) in [5, 5.41) is 3.41. The van der Waals surface area contributed by atoms with Crippen LogP contribution in [0.1, 0.15) is 33.6 Å². The van der Waals surface area contributed by atoms with Gasteiger partial charge in [-0.2, -0.15) is 0 Å². The van der Waals surface area contributed by atoms with Crippen molar-refractivity contribution in [2.75, 3.05) is 26.2 Å². The highest BCUT2D eigenvalue weighted by molar-refractivity contribution is 4.79. The second kappa shape index (κ2) is 5.61. The summed E-state index contributed by atoms with van der Waals surface area (Å²) < 4.78 is 0. The Morgan fingerprint density at radius 3 is 2.54 bits per heavy atom. The lowest BCUT2D eigenvalue weighted by atomic mass is 10.2. The lowest BCUT2D eigenvalue weighted by Gasteiger charge is -2.27. The first kappa shape index (κ1) is 11.0. The largest absolute Gasteiger partial charge is 0.315 e. The smallest absolute Gasteiger partial charge is 0.0192 e. The summed E-state index contributed by atoms with van der Waals surface area (Å²) in [6, 6.07) is 0.700. The van der Waals surface area contributed by atoms with Crippen LogP contribution in [0.3, 0.4) is 0 Å².